The highest BCUT2D eigenvalue weighted by Crippen LogP contribution is 2.32. The zero-order valence-electron chi connectivity index (χ0n) is 13.7. The number of hydrogen-bond donors (Lipinski definition) is 0. The van der Waals surface area contributed by atoms with Crippen LogP contribution in [0.15, 0.2) is 48.5 Å². The van der Waals surface area contributed by atoms with Gasteiger partial charge < -0.3 is 14.4 Å². The molecule has 0 amide bonds. The van der Waals surface area contributed by atoms with E-state index in [1.165, 1.54) is 12.8 Å². The number of esters is 1. The van der Waals surface area contributed by atoms with E-state index in [4.69, 9.17) is 9.47 Å². The summed E-state index contributed by atoms with van der Waals surface area (Å²) in [6.07, 6.45) is 2.44. The first-order valence-electron chi connectivity index (χ1n) is 8.32. The molecular formula is C19H18N2O3S. The predicted octanol–water partition coefficient (Wildman–Crippen LogP) is 3.88. The SMILES string of the molecule is O=C(COc1ccccc1)Oc1ccc2nc(N3CCCC3)sc2c1. The van der Waals surface area contributed by atoms with Crippen molar-refractivity contribution in [2.24, 2.45) is 0 Å². The lowest BCUT2D eigenvalue weighted by atomic mass is 10.3. The van der Waals surface area contributed by atoms with E-state index >= 15 is 0 Å². The van der Waals surface area contributed by atoms with Crippen LogP contribution in [-0.2, 0) is 4.79 Å². The summed E-state index contributed by atoms with van der Waals surface area (Å²) in [4.78, 5) is 18.9. The van der Waals surface area contributed by atoms with Gasteiger partial charge in [-0.2, -0.15) is 0 Å². The maximum Gasteiger partial charge on any atom is 0.349 e. The number of thiazole rings is 1. The molecule has 1 aliphatic rings. The van der Waals surface area contributed by atoms with Crippen LogP contribution in [0.4, 0.5) is 5.13 Å². The molecule has 1 aliphatic heterocycles. The molecule has 4 rings (SSSR count). The standard InChI is InChI=1S/C19H18N2O3S/c22-18(13-23-14-6-2-1-3-7-14)24-15-8-9-16-17(12-15)25-19(20-16)21-10-4-5-11-21/h1-3,6-9,12H,4-5,10-11,13H2. The quantitative estimate of drug-likeness (QED) is 0.514. The predicted molar refractivity (Wildman–Crippen MR) is 98.6 cm³/mol. The first-order chi connectivity index (χ1) is 12.3. The number of hydrogen-bond acceptors (Lipinski definition) is 6. The monoisotopic (exact) mass is 354 g/mol. The van der Waals surface area contributed by atoms with Crippen LogP contribution in [0.1, 0.15) is 12.8 Å². The molecule has 1 aromatic heterocycles. The molecule has 0 radical (unpaired) electrons. The Bertz CT molecular complexity index is 873. The van der Waals surface area contributed by atoms with E-state index in [2.05, 4.69) is 9.88 Å². The number of ether oxygens (including phenoxy) is 2. The van der Waals surface area contributed by atoms with Crippen molar-refractivity contribution >= 4 is 32.7 Å². The highest BCUT2D eigenvalue weighted by atomic mass is 32.1. The summed E-state index contributed by atoms with van der Waals surface area (Å²) >= 11 is 1.64. The van der Waals surface area contributed by atoms with Crippen LogP contribution in [0.5, 0.6) is 11.5 Å². The van der Waals surface area contributed by atoms with Crippen molar-refractivity contribution in [3.63, 3.8) is 0 Å². The largest absolute Gasteiger partial charge is 0.482 e. The second-order valence-corrected chi connectivity index (χ2v) is 6.91. The van der Waals surface area contributed by atoms with Gasteiger partial charge in [-0.25, -0.2) is 9.78 Å². The summed E-state index contributed by atoms with van der Waals surface area (Å²) in [7, 11) is 0. The van der Waals surface area contributed by atoms with E-state index in [-0.39, 0.29) is 6.61 Å². The number of anilines is 1. The van der Waals surface area contributed by atoms with Crippen molar-refractivity contribution in [1.82, 2.24) is 4.98 Å². The van der Waals surface area contributed by atoms with E-state index in [0.29, 0.717) is 11.5 Å². The third kappa shape index (κ3) is 3.74. The molecular weight excluding hydrogens is 336 g/mol. The molecule has 0 N–H and O–H groups in total. The molecule has 0 saturated carbocycles. The molecule has 0 atom stereocenters. The Hall–Kier alpha value is -2.60. The van der Waals surface area contributed by atoms with Gasteiger partial charge in [0.2, 0.25) is 0 Å². The van der Waals surface area contributed by atoms with Crippen molar-refractivity contribution in [2.75, 3.05) is 24.6 Å². The zero-order chi connectivity index (χ0) is 17.1. The number of carbonyl (C=O) groups excluding carboxylic acids is 1. The molecule has 0 spiro atoms. The lowest BCUT2D eigenvalue weighted by molar-refractivity contribution is -0.136. The van der Waals surface area contributed by atoms with Crippen molar-refractivity contribution < 1.29 is 14.3 Å². The zero-order valence-corrected chi connectivity index (χ0v) is 14.5. The lowest BCUT2D eigenvalue weighted by Gasteiger charge is -2.11. The fraction of sp³-hybridized carbons (Fsp3) is 0.263. The Balaban J connectivity index is 1.41. The smallest absolute Gasteiger partial charge is 0.349 e. The van der Waals surface area contributed by atoms with Gasteiger partial charge in [-0.3, -0.25) is 0 Å². The van der Waals surface area contributed by atoms with E-state index < -0.39 is 5.97 Å². The second-order valence-electron chi connectivity index (χ2n) is 5.90. The summed E-state index contributed by atoms with van der Waals surface area (Å²) < 4.78 is 11.8. The highest BCUT2D eigenvalue weighted by Gasteiger charge is 2.17. The van der Waals surface area contributed by atoms with Crippen LogP contribution >= 0.6 is 11.3 Å². The van der Waals surface area contributed by atoms with Gasteiger partial charge in [-0.05, 0) is 37.1 Å². The topological polar surface area (TPSA) is 51.7 Å². The Kier molecular flexibility index (Phi) is 4.52. The van der Waals surface area contributed by atoms with E-state index in [9.17, 15) is 4.79 Å². The molecule has 3 aromatic rings. The normalized spacial score (nSPS) is 14.0. The minimum absolute atomic E-state index is 0.121. The van der Waals surface area contributed by atoms with Gasteiger partial charge in [0.1, 0.15) is 11.5 Å². The molecule has 128 valence electrons. The molecule has 6 heteroatoms. The minimum atomic E-state index is -0.424. The summed E-state index contributed by atoms with van der Waals surface area (Å²) in [6, 6.07) is 14.8. The Morgan fingerprint density at radius 3 is 2.68 bits per heavy atom. The molecule has 1 saturated heterocycles. The van der Waals surface area contributed by atoms with Gasteiger partial charge in [0.05, 0.1) is 10.2 Å². The van der Waals surface area contributed by atoms with Crippen molar-refractivity contribution in [1.29, 1.82) is 0 Å². The molecule has 1 fully saturated rings. The van der Waals surface area contributed by atoms with Crippen LogP contribution < -0.4 is 14.4 Å². The van der Waals surface area contributed by atoms with Gasteiger partial charge in [0.15, 0.2) is 11.7 Å². The fourth-order valence-corrected chi connectivity index (χ4v) is 3.87. The number of aromatic nitrogens is 1. The Morgan fingerprint density at radius 1 is 1.08 bits per heavy atom. The number of fused-ring (bicyclic) bond motifs is 1. The molecule has 25 heavy (non-hydrogen) atoms. The molecule has 2 aromatic carbocycles. The number of para-hydroxylation sites is 1. The number of benzene rings is 2. The van der Waals surface area contributed by atoms with Crippen LogP contribution in [0.25, 0.3) is 10.2 Å². The molecule has 0 aliphatic carbocycles. The summed E-state index contributed by atoms with van der Waals surface area (Å²) in [5.74, 6) is 0.742. The summed E-state index contributed by atoms with van der Waals surface area (Å²) in [5, 5.41) is 1.04. The number of rotatable bonds is 5. The van der Waals surface area contributed by atoms with Crippen LogP contribution in [0.3, 0.4) is 0 Å². The first kappa shape index (κ1) is 15.9. The van der Waals surface area contributed by atoms with Gasteiger partial charge in [-0.1, -0.05) is 29.5 Å². The van der Waals surface area contributed by atoms with E-state index in [1.807, 2.05) is 30.3 Å². The average molecular weight is 354 g/mol. The molecule has 5 nitrogen and oxygen atoms in total. The average Bonchev–Trinajstić information content (AvgIpc) is 3.30. The van der Waals surface area contributed by atoms with Crippen LogP contribution in [0.2, 0.25) is 0 Å². The Morgan fingerprint density at radius 2 is 1.88 bits per heavy atom. The van der Waals surface area contributed by atoms with Gasteiger partial charge in [0.25, 0.3) is 0 Å². The van der Waals surface area contributed by atoms with Gasteiger partial charge >= 0.3 is 5.97 Å². The summed E-state index contributed by atoms with van der Waals surface area (Å²) in [5.41, 5.74) is 0.937. The number of carbonyl (C=O) groups is 1. The summed E-state index contributed by atoms with van der Waals surface area (Å²) in [6.45, 7) is 2.01. The molecule has 2 heterocycles. The highest BCUT2D eigenvalue weighted by molar-refractivity contribution is 7.22. The van der Waals surface area contributed by atoms with E-state index in [1.54, 1.807) is 29.5 Å². The lowest BCUT2D eigenvalue weighted by Crippen LogP contribution is -2.17. The third-order valence-corrected chi connectivity index (χ3v) is 5.14. The maximum atomic E-state index is 12.0. The molecule has 0 unspecified atom stereocenters. The van der Waals surface area contributed by atoms with Gasteiger partial charge in [0, 0.05) is 19.2 Å². The fourth-order valence-electron chi connectivity index (χ4n) is 2.82. The van der Waals surface area contributed by atoms with Crippen LogP contribution in [0, 0.1) is 0 Å². The molecule has 0 bridgehead atoms. The van der Waals surface area contributed by atoms with Crippen molar-refractivity contribution in [2.45, 2.75) is 12.8 Å². The number of nitrogens with zero attached hydrogens (tertiary/aromatic N) is 2. The minimum Gasteiger partial charge on any atom is -0.482 e. The first-order valence-corrected chi connectivity index (χ1v) is 9.14. The van der Waals surface area contributed by atoms with Crippen molar-refractivity contribution in [3.8, 4) is 11.5 Å². The van der Waals surface area contributed by atoms with Gasteiger partial charge in [-0.15, -0.1) is 0 Å². The van der Waals surface area contributed by atoms with Crippen molar-refractivity contribution in [3.05, 3.63) is 48.5 Å². The maximum absolute atomic E-state index is 12.0. The Labute approximate surface area is 149 Å². The van der Waals surface area contributed by atoms with E-state index in [0.717, 1.165) is 28.4 Å². The van der Waals surface area contributed by atoms with Crippen LogP contribution in [-0.4, -0.2) is 30.6 Å². The second kappa shape index (κ2) is 7.11. The third-order valence-electron chi connectivity index (χ3n) is 4.06.